The summed E-state index contributed by atoms with van der Waals surface area (Å²) in [5.74, 6) is 0. The molecule has 0 aliphatic rings. The molecule has 0 aromatic heterocycles. The van der Waals surface area contributed by atoms with Crippen molar-refractivity contribution in [1.82, 2.24) is 10.6 Å². The Morgan fingerprint density at radius 2 is 2.38 bits per heavy atom. The molecule has 0 spiro atoms. The van der Waals surface area contributed by atoms with E-state index in [9.17, 15) is 0 Å². The lowest BCUT2D eigenvalue weighted by molar-refractivity contribution is 0.595. The summed E-state index contributed by atoms with van der Waals surface area (Å²) >= 11 is 0. The Labute approximate surface area is 51.0 Å². The minimum absolute atomic E-state index is 0.484. The predicted octanol–water partition coefficient (Wildman–Crippen LogP) is 0.327. The van der Waals surface area contributed by atoms with Crippen molar-refractivity contribution in [3.8, 4) is 0 Å². The molecule has 48 valence electrons. The van der Waals surface area contributed by atoms with E-state index in [1.807, 2.05) is 7.05 Å². The van der Waals surface area contributed by atoms with Crippen molar-refractivity contribution in [3.05, 3.63) is 12.8 Å². The van der Waals surface area contributed by atoms with Gasteiger partial charge in [0.1, 0.15) is 0 Å². The van der Waals surface area contributed by atoms with Crippen LogP contribution in [0.25, 0.3) is 0 Å². The number of hydrogen-bond acceptors (Lipinski definition) is 2. The summed E-state index contributed by atoms with van der Waals surface area (Å²) in [5, 5.41) is 6.09. The van der Waals surface area contributed by atoms with E-state index in [-0.39, 0.29) is 0 Å². The van der Waals surface area contributed by atoms with Crippen molar-refractivity contribution in [2.45, 2.75) is 13.0 Å². The van der Waals surface area contributed by atoms with Crippen LogP contribution in [0.15, 0.2) is 12.8 Å². The normalized spacial score (nSPS) is 12.8. The van der Waals surface area contributed by atoms with Crippen LogP contribution in [0.1, 0.15) is 6.92 Å². The van der Waals surface area contributed by atoms with Gasteiger partial charge < -0.3 is 10.6 Å². The monoisotopic (exact) mass is 114 g/mol. The Hall–Kier alpha value is -0.500. The van der Waals surface area contributed by atoms with Gasteiger partial charge >= 0.3 is 0 Å². The maximum Gasteiger partial charge on any atom is 0.0351 e. The third-order valence-electron chi connectivity index (χ3n) is 0.913. The lowest BCUT2D eigenvalue weighted by atomic mass is 10.3. The first-order valence-electron chi connectivity index (χ1n) is 2.82. The number of rotatable bonds is 4. The second kappa shape index (κ2) is 4.65. The van der Waals surface area contributed by atoms with Crippen molar-refractivity contribution in [2.24, 2.45) is 0 Å². The number of likely N-dealkylation sites (N-methyl/N-ethyl adjacent to an activating group) is 1. The Bertz CT molecular complexity index is 61.5. The van der Waals surface area contributed by atoms with E-state index < -0.39 is 0 Å². The maximum atomic E-state index is 3.54. The van der Waals surface area contributed by atoms with Gasteiger partial charge in [-0.3, -0.25) is 0 Å². The van der Waals surface area contributed by atoms with Crippen molar-refractivity contribution < 1.29 is 0 Å². The predicted molar refractivity (Wildman–Crippen MR) is 36.7 cm³/mol. The zero-order valence-electron chi connectivity index (χ0n) is 5.57. The number of nitrogens with one attached hydrogen (secondary N) is 2. The van der Waals surface area contributed by atoms with Crippen LogP contribution < -0.4 is 10.6 Å². The fourth-order valence-electron chi connectivity index (χ4n) is 0.566. The molecule has 1 unspecified atom stereocenters. The highest BCUT2D eigenvalue weighted by molar-refractivity contribution is 4.70. The quantitative estimate of drug-likeness (QED) is 0.550. The molecule has 0 bridgehead atoms. The lowest BCUT2D eigenvalue weighted by Gasteiger charge is -2.08. The highest BCUT2D eigenvalue weighted by atomic mass is 14.9. The van der Waals surface area contributed by atoms with Crippen LogP contribution in [0, 0.1) is 0 Å². The van der Waals surface area contributed by atoms with Gasteiger partial charge in [-0.05, 0) is 20.2 Å². The largest absolute Gasteiger partial charge is 0.388 e. The summed E-state index contributed by atoms with van der Waals surface area (Å²) in [4.78, 5) is 0. The van der Waals surface area contributed by atoms with Gasteiger partial charge in [-0.2, -0.15) is 0 Å². The van der Waals surface area contributed by atoms with Crippen molar-refractivity contribution in [1.29, 1.82) is 0 Å². The summed E-state index contributed by atoms with van der Waals surface area (Å²) in [6, 6.07) is 0.484. The van der Waals surface area contributed by atoms with Crippen LogP contribution in [0.4, 0.5) is 0 Å². The highest BCUT2D eigenvalue weighted by Crippen LogP contribution is 1.74. The van der Waals surface area contributed by atoms with Gasteiger partial charge in [0, 0.05) is 12.6 Å². The Morgan fingerprint density at radius 3 is 2.75 bits per heavy atom. The molecule has 2 heteroatoms. The van der Waals surface area contributed by atoms with E-state index in [1.165, 1.54) is 0 Å². The maximum absolute atomic E-state index is 3.54. The molecule has 2 N–H and O–H groups in total. The molecule has 0 saturated heterocycles. The standard InChI is InChI=1S/C6H14N2/c1-4-8-6(2)5-7-3/h4,6-8H,1,5H2,2-3H3. The van der Waals surface area contributed by atoms with Gasteiger partial charge in [-0.1, -0.05) is 6.58 Å². The minimum Gasteiger partial charge on any atom is -0.388 e. The molecule has 0 aromatic rings. The summed E-state index contributed by atoms with van der Waals surface area (Å²) in [5.41, 5.74) is 0. The molecule has 0 radical (unpaired) electrons. The topological polar surface area (TPSA) is 24.1 Å². The van der Waals surface area contributed by atoms with E-state index in [0.29, 0.717) is 6.04 Å². The molecule has 2 nitrogen and oxygen atoms in total. The van der Waals surface area contributed by atoms with Crippen LogP contribution in [-0.4, -0.2) is 19.6 Å². The summed E-state index contributed by atoms with van der Waals surface area (Å²) < 4.78 is 0. The molecule has 0 fully saturated rings. The van der Waals surface area contributed by atoms with Crippen molar-refractivity contribution in [3.63, 3.8) is 0 Å². The van der Waals surface area contributed by atoms with Crippen molar-refractivity contribution in [2.75, 3.05) is 13.6 Å². The molecular weight excluding hydrogens is 100 g/mol. The average Bonchev–Trinajstić information content (AvgIpc) is 1.68. The van der Waals surface area contributed by atoms with Gasteiger partial charge in [0.15, 0.2) is 0 Å². The molecule has 0 aliphatic heterocycles. The Morgan fingerprint density at radius 1 is 1.75 bits per heavy atom. The zero-order chi connectivity index (χ0) is 6.41. The average molecular weight is 114 g/mol. The summed E-state index contributed by atoms with van der Waals surface area (Å²) in [6.45, 7) is 6.62. The van der Waals surface area contributed by atoms with Gasteiger partial charge in [0.2, 0.25) is 0 Å². The highest BCUT2D eigenvalue weighted by Gasteiger charge is 1.91. The molecule has 0 amide bonds. The van der Waals surface area contributed by atoms with Gasteiger partial charge in [0.25, 0.3) is 0 Å². The van der Waals surface area contributed by atoms with Crippen LogP contribution in [0.2, 0.25) is 0 Å². The smallest absolute Gasteiger partial charge is 0.0351 e. The van der Waals surface area contributed by atoms with Crippen LogP contribution in [-0.2, 0) is 0 Å². The van der Waals surface area contributed by atoms with E-state index in [0.717, 1.165) is 6.54 Å². The molecule has 0 rings (SSSR count). The molecule has 8 heavy (non-hydrogen) atoms. The first-order valence-corrected chi connectivity index (χ1v) is 2.82. The minimum atomic E-state index is 0.484. The van der Waals surface area contributed by atoms with E-state index in [2.05, 4.69) is 24.1 Å². The zero-order valence-corrected chi connectivity index (χ0v) is 5.57. The van der Waals surface area contributed by atoms with Gasteiger partial charge in [0.05, 0.1) is 0 Å². The van der Waals surface area contributed by atoms with Crippen molar-refractivity contribution >= 4 is 0 Å². The van der Waals surface area contributed by atoms with E-state index in [1.54, 1.807) is 6.20 Å². The third kappa shape index (κ3) is 3.68. The molecule has 1 atom stereocenters. The number of hydrogen-bond donors (Lipinski definition) is 2. The fourth-order valence-corrected chi connectivity index (χ4v) is 0.566. The van der Waals surface area contributed by atoms with Crippen LogP contribution in [0.5, 0.6) is 0 Å². The van der Waals surface area contributed by atoms with E-state index >= 15 is 0 Å². The first kappa shape index (κ1) is 7.50. The third-order valence-corrected chi connectivity index (χ3v) is 0.913. The fraction of sp³-hybridized carbons (Fsp3) is 0.667. The molecule has 0 aromatic carbocycles. The molecular formula is C6H14N2. The Balaban J connectivity index is 3.03. The van der Waals surface area contributed by atoms with Crippen LogP contribution >= 0.6 is 0 Å². The lowest BCUT2D eigenvalue weighted by Crippen LogP contribution is -2.31. The summed E-state index contributed by atoms with van der Waals surface area (Å²) in [7, 11) is 1.93. The molecule has 0 aliphatic carbocycles. The van der Waals surface area contributed by atoms with Gasteiger partial charge in [-0.25, -0.2) is 0 Å². The first-order chi connectivity index (χ1) is 3.81. The second-order valence-electron chi connectivity index (χ2n) is 1.83. The van der Waals surface area contributed by atoms with E-state index in [4.69, 9.17) is 0 Å². The Kier molecular flexibility index (Phi) is 4.36. The van der Waals surface area contributed by atoms with Gasteiger partial charge in [-0.15, -0.1) is 0 Å². The molecule has 0 heterocycles. The van der Waals surface area contributed by atoms with Crippen LogP contribution in [0.3, 0.4) is 0 Å². The SMILES string of the molecule is C=CNC(C)CNC. The summed E-state index contributed by atoms with van der Waals surface area (Å²) in [6.07, 6.45) is 1.71. The second-order valence-corrected chi connectivity index (χ2v) is 1.83. The molecule has 0 saturated carbocycles.